The van der Waals surface area contributed by atoms with Gasteiger partial charge in [-0.05, 0) is 13.0 Å². The average molecular weight is 215 g/mol. The van der Waals surface area contributed by atoms with E-state index in [9.17, 15) is 4.21 Å². The number of rotatable bonds is 3. The Hall–Kier alpha value is -1.07. The van der Waals surface area contributed by atoms with Gasteiger partial charge in [-0.3, -0.25) is 0 Å². The Morgan fingerprint density at radius 2 is 2.21 bits per heavy atom. The SMILES string of the molecule is COc1cc(N)ccc1C(C)S(=O)O. The van der Waals surface area contributed by atoms with Crippen LogP contribution >= 0.6 is 0 Å². The lowest BCUT2D eigenvalue weighted by Crippen LogP contribution is -2.03. The van der Waals surface area contributed by atoms with Gasteiger partial charge in [-0.2, -0.15) is 0 Å². The Bertz CT molecular complexity index is 354. The molecule has 4 nitrogen and oxygen atoms in total. The normalized spacial score (nSPS) is 14.8. The number of benzene rings is 1. The van der Waals surface area contributed by atoms with Gasteiger partial charge in [0, 0.05) is 17.3 Å². The van der Waals surface area contributed by atoms with E-state index in [1.807, 2.05) is 0 Å². The molecule has 0 heterocycles. The predicted molar refractivity (Wildman–Crippen MR) is 56.6 cm³/mol. The van der Waals surface area contributed by atoms with Crippen LogP contribution in [0.4, 0.5) is 5.69 Å². The zero-order valence-corrected chi connectivity index (χ0v) is 8.88. The van der Waals surface area contributed by atoms with Gasteiger partial charge in [0.25, 0.3) is 0 Å². The van der Waals surface area contributed by atoms with E-state index < -0.39 is 16.3 Å². The number of hydrogen-bond donors (Lipinski definition) is 2. The maximum atomic E-state index is 10.9. The van der Waals surface area contributed by atoms with Crippen LogP contribution in [0.2, 0.25) is 0 Å². The molecule has 0 fully saturated rings. The van der Waals surface area contributed by atoms with Gasteiger partial charge in [0.15, 0.2) is 11.1 Å². The van der Waals surface area contributed by atoms with Crippen LogP contribution in [0.15, 0.2) is 18.2 Å². The molecule has 3 N–H and O–H groups in total. The van der Waals surface area contributed by atoms with Crippen molar-refractivity contribution in [2.75, 3.05) is 12.8 Å². The standard InChI is InChI=1S/C9H13NO3S/c1-6(14(11)12)8-4-3-7(10)5-9(8)13-2/h3-6H,10H2,1-2H3,(H,11,12). The second-order valence-corrected chi connectivity index (χ2v) is 4.18. The van der Waals surface area contributed by atoms with Crippen LogP contribution in [0.25, 0.3) is 0 Å². The van der Waals surface area contributed by atoms with Gasteiger partial charge in [-0.25, -0.2) is 4.21 Å². The number of nitrogens with two attached hydrogens (primary N) is 1. The molecule has 1 rings (SSSR count). The summed E-state index contributed by atoms with van der Waals surface area (Å²) in [6.07, 6.45) is 0. The van der Waals surface area contributed by atoms with Crippen molar-refractivity contribution in [1.82, 2.24) is 0 Å². The number of anilines is 1. The fourth-order valence-electron chi connectivity index (χ4n) is 1.17. The van der Waals surface area contributed by atoms with Gasteiger partial charge in [-0.15, -0.1) is 0 Å². The van der Waals surface area contributed by atoms with E-state index in [0.29, 0.717) is 17.0 Å². The van der Waals surface area contributed by atoms with Crippen molar-refractivity contribution in [1.29, 1.82) is 0 Å². The quantitative estimate of drug-likeness (QED) is 0.593. The molecule has 1 aromatic rings. The number of nitrogen functional groups attached to an aromatic ring is 1. The Balaban J connectivity index is 3.13. The second kappa shape index (κ2) is 4.43. The van der Waals surface area contributed by atoms with Gasteiger partial charge < -0.3 is 15.0 Å². The molecule has 0 bridgehead atoms. The lowest BCUT2D eigenvalue weighted by molar-refractivity contribution is 0.409. The highest BCUT2D eigenvalue weighted by atomic mass is 32.2. The molecule has 2 atom stereocenters. The van der Waals surface area contributed by atoms with Crippen LogP contribution in [-0.4, -0.2) is 15.9 Å². The molecule has 0 amide bonds. The van der Waals surface area contributed by atoms with Crippen molar-refractivity contribution in [3.8, 4) is 5.75 Å². The molecule has 0 aliphatic heterocycles. The largest absolute Gasteiger partial charge is 0.496 e. The smallest absolute Gasteiger partial charge is 0.160 e. The van der Waals surface area contributed by atoms with E-state index in [-0.39, 0.29) is 0 Å². The molecule has 1 aromatic carbocycles. The molecule has 0 aromatic heterocycles. The molecule has 0 aliphatic carbocycles. The Morgan fingerprint density at radius 3 is 2.71 bits per heavy atom. The van der Waals surface area contributed by atoms with E-state index in [1.54, 1.807) is 25.1 Å². The number of methoxy groups -OCH3 is 1. The number of ether oxygens (including phenoxy) is 1. The van der Waals surface area contributed by atoms with Crippen LogP contribution in [-0.2, 0) is 11.1 Å². The summed E-state index contributed by atoms with van der Waals surface area (Å²) in [5.41, 5.74) is 6.81. The highest BCUT2D eigenvalue weighted by Gasteiger charge is 2.16. The van der Waals surface area contributed by atoms with Crippen molar-refractivity contribution >= 4 is 16.8 Å². The fraction of sp³-hybridized carbons (Fsp3) is 0.333. The van der Waals surface area contributed by atoms with Crippen molar-refractivity contribution in [3.63, 3.8) is 0 Å². The molecule has 0 saturated carbocycles. The summed E-state index contributed by atoms with van der Waals surface area (Å²) < 4.78 is 24.9. The van der Waals surface area contributed by atoms with Crippen LogP contribution in [0.5, 0.6) is 5.75 Å². The maximum Gasteiger partial charge on any atom is 0.160 e. The molecule has 5 heteroatoms. The highest BCUT2D eigenvalue weighted by molar-refractivity contribution is 7.79. The van der Waals surface area contributed by atoms with Crippen molar-refractivity contribution in [2.45, 2.75) is 12.2 Å². The Kier molecular flexibility index (Phi) is 3.49. The van der Waals surface area contributed by atoms with E-state index in [4.69, 9.17) is 15.0 Å². The third-order valence-corrected chi connectivity index (χ3v) is 2.86. The van der Waals surface area contributed by atoms with E-state index in [1.165, 1.54) is 7.11 Å². The van der Waals surface area contributed by atoms with Gasteiger partial charge >= 0.3 is 0 Å². The zero-order chi connectivity index (χ0) is 10.7. The summed E-state index contributed by atoms with van der Waals surface area (Å²) >= 11 is -1.90. The minimum atomic E-state index is -1.90. The molecule has 2 unspecified atom stereocenters. The molecular formula is C9H13NO3S. The lowest BCUT2D eigenvalue weighted by atomic mass is 10.1. The van der Waals surface area contributed by atoms with Crippen molar-refractivity contribution in [2.24, 2.45) is 0 Å². The zero-order valence-electron chi connectivity index (χ0n) is 8.06. The van der Waals surface area contributed by atoms with Crippen molar-refractivity contribution in [3.05, 3.63) is 23.8 Å². The van der Waals surface area contributed by atoms with Crippen LogP contribution in [0.3, 0.4) is 0 Å². The molecular weight excluding hydrogens is 202 g/mol. The first-order valence-corrected chi connectivity index (χ1v) is 5.26. The van der Waals surface area contributed by atoms with E-state index in [2.05, 4.69) is 0 Å². The monoisotopic (exact) mass is 215 g/mol. The van der Waals surface area contributed by atoms with Gasteiger partial charge in [0.05, 0.1) is 12.4 Å². The molecule has 0 saturated heterocycles. The topological polar surface area (TPSA) is 72.5 Å². The maximum absolute atomic E-state index is 10.9. The summed E-state index contributed by atoms with van der Waals surface area (Å²) in [7, 11) is 1.51. The molecule has 0 spiro atoms. The molecule has 78 valence electrons. The van der Waals surface area contributed by atoms with Gasteiger partial charge in [0.2, 0.25) is 0 Å². The summed E-state index contributed by atoms with van der Waals surface area (Å²) in [6.45, 7) is 1.66. The van der Waals surface area contributed by atoms with Crippen LogP contribution < -0.4 is 10.5 Å². The van der Waals surface area contributed by atoms with Crippen LogP contribution in [0, 0.1) is 0 Å². The highest BCUT2D eigenvalue weighted by Crippen LogP contribution is 2.29. The Morgan fingerprint density at radius 1 is 1.57 bits per heavy atom. The third kappa shape index (κ3) is 2.24. The average Bonchev–Trinajstić information content (AvgIpc) is 2.16. The summed E-state index contributed by atoms with van der Waals surface area (Å²) in [4.78, 5) is 0. The summed E-state index contributed by atoms with van der Waals surface area (Å²) in [6, 6.07) is 5.02. The first-order chi connectivity index (χ1) is 6.56. The molecule has 14 heavy (non-hydrogen) atoms. The first-order valence-electron chi connectivity index (χ1n) is 4.09. The van der Waals surface area contributed by atoms with Gasteiger partial charge in [0.1, 0.15) is 5.75 Å². The van der Waals surface area contributed by atoms with Crippen LogP contribution in [0.1, 0.15) is 17.7 Å². The first kappa shape index (κ1) is 11.0. The number of hydrogen-bond acceptors (Lipinski definition) is 3. The van der Waals surface area contributed by atoms with E-state index in [0.717, 1.165) is 0 Å². The molecule has 0 aliphatic rings. The lowest BCUT2D eigenvalue weighted by Gasteiger charge is -2.12. The van der Waals surface area contributed by atoms with Crippen molar-refractivity contribution < 1.29 is 13.5 Å². The Labute approximate surface area is 85.4 Å². The molecule has 0 radical (unpaired) electrons. The summed E-state index contributed by atoms with van der Waals surface area (Å²) in [5, 5.41) is -0.481. The van der Waals surface area contributed by atoms with E-state index >= 15 is 0 Å². The minimum absolute atomic E-state index is 0.481. The minimum Gasteiger partial charge on any atom is -0.496 e. The second-order valence-electron chi connectivity index (χ2n) is 2.92. The fourth-order valence-corrected chi connectivity index (χ4v) is 1.58. The predicted octanol–water partition coefficient (Wildman–Crippen LogP) is 1.56. The third-order valence-electron chi connectivity index (χ3n) is 2.00. The van der Waals surface area contributed by atoms with Gasteiger partial charge in [-0.1, -0.05) is 6.07 Å². The summed E-state index contributed by atoms with van der Waals surface area (Å²) in [5.74, 6) is 0.542.